The molecule has 0 fully saturated rings. The second-order valence-electron chi connectivity index (χ2n) is 7.60. The van der Waals surface area contributed by atoms with E-state index < -0.39 is 10.8 Å². The number of nitro groups is 1. The molecule has 0 atom stereocenters. The van der Waals surface area contributed by atoms with E-state index in [0.29, 0.717) is 26.9 Å². The average Bonchev–Trinajstić information content (AvgIpc) is 2.84. The number of benzene rings is 4. The van der Waals surface area contributed by atoms with Gasteiger partial charge in [0.1, 0.15) is 6.61 Å². The molecule has 4 aromatic rings. The first-order valence-electron chi connectivity index (χ1n) is 10.5. The van der Waals surface area contributed by atoms with Crippen LogP contribution in [0.2, 0.25) is 10.0 Å². The maximum Gasteiger partial charge on any atom is 0.273 e. The molecule has 35 heavy (non-hydrogen) atoms. The van der Waals surface area contributed by atoms with Crippen molar-refractivity contribution in [1.82, 2.24) is 5.43 Å². The molecule has 0 aromatic heterocycles. The SMILES string of the molecule is O=C(Cc1ccccc1[N+](=O)[O-])N/N=C/c1cc(Cl)c(OCc2cccc3ccccc23)c(Cl)c1. The van der Waals surface area contributed by atoms with Crippen LogP contribution < -0.4 is 10.2 Å². The highest BCUT2D eigenvalue weighted by Crippen LogP contribution is 2.35. The molecule has 7 nitrogen and oxygen atoms in total. The van der Waals surface area contributed by atoms with Gasteiger partial charge in [0.05, 0.1) is 27.6 Å². The number of nitrogens with one attached hydrogen (secondary N) is 1. The van der Waals surface area contributed by atoms with Crippen LogP contribution in [0.25, 0.3) is 10.8 Å². The Kier molecular flexibility index (Phi) is 7.60. The molecule has 0 unspecified atom stereocenters. The number of hydrogen-bond acceptors (Lipinski definition) is 5. The number of hydrazone groups is 1. The van der Waals surface area contributed by atoms with Gasteiger partial charge in [0.15, 0.2) is 5.75 Å². The molecule has 0 spiro atoms. The van der Waals surface area contributed by atoms with Crippen LogP contribution in [0.4, 0.5) is 5.69 Å². The number of nitro benzene ring substituents is 1. The molecule has 1 N–H and O–H groups in total. The second-order valence-corrected chi connectivity index (χ2v) is 8.41. The Morgan fingerprint density at radius 3 is 2.40 bits per heavy atom. The summed E-state index contributed by atoms with van der Waals surface area (Å²) >= 11 is 12.8. The minimum atomic E-state index is -0.528. The standard InChI is InChI=1S/C26H19Cl2N3O4/c27-22-12-17(15-29-30-25(32)14-19-7-2-4-11-24(19)31(33)34)13-23(28)26(22)35-16-20-9-5-8-18-6-1-3-10-21(18)20/h1-13,15H,14,16H2,(H,30,32)/b29-15+. The summed E-state index contributed by atoms with van der Waals surface area (Å²) in [6.45, 7) is 0.288. The molecule has 0 aliphatic carbocycles. The summed E-state index contributed by atoms with van der Waals surface area (Å²) in [5, 5.41) is 17.8. The number of amides is 1. The zero-order valence-electron chi connectivity index (χ0n) is 18.3. The number of hydrogen-bond donors (Lipinski definition) is 1. The van der Waals surface area contributed by atoms with Gasteiger partial charge < -0.3 is 4.74 Å². The van der Waals surface area contributed by atoms with Crippen molar-refractivity contribution in [1.29, 1.82) is 0 Å². The summed E-state index contributed by atoms with van der Waals surface area (Å²) in [6, 6.07) is 23.3. The number of rotatable bonds is 8. The zero-order chi connectivity index (χ0) is 24.8. The van der Waals surface area contributed by atoms with Crippen LogP contribution in [0.3, 0.4) is 0 Å². The first kappa shape index (κ1) is 24.2. The Balaban J connectivity index is 1.40. The Morgan fingerprint density at radius 1 is 0.971 bits per heavy atom. The minimum absolute atomic E-state index is 0.121. The lowest BCUT2D eigenvalue weighted by Crippen LogP contribution is -2.20. The van der Waals surface area contributed by atoms with E-state index in [4.69, 9.17) is 27.9 Å². The summed E-state index contributed by atoms with van der Waals surface area (Å²) in [6.07, 6.45) is 1.19. The van der Waals surface area contributed by atoms with Crippen molar-refractivity contribution in [2.45, 2.75) is 13.0 Å². The van der Waals surface area contributed by atoms with Crippen molar-refractivity contribution in [3.63, 3.8) is 0 Å². The van der Waals surface area contributed by atoms with Crippen molar-refractivity contribution in [3.8, 4) is 5.75 Å². The maximum atomic E-state index is 12.2. The summed E-state index contributed by atoms with van der Waals surface area (Å²) < 4.78 is 5.92. The number of halogens is 2. The fraction of sp³-hybridized carbons (Fsp3) is 0.0769. The Labute approximate surface area is 211 Å². The van der Waals surface area contributed by atoms with Crippen LogP contribution in [-0.4, -0.2) is 17.0 Å². The summed E-state index contributed by atoms with van der Waals surface area (Å²) in [4.78, 5) is 22.7. The topological polar surface area (TPSA) is 93.8 Å². The lowest BCUT2D eigenvalue weighted by molar-refractivity contribution is -0.385. The number of ether oxygens (including phenoxy) is 1. The molecule has 0 aliphatic rings. The molecule has 0 aliphatic heterocycles. The van der Waals surface area contributed by atoms with Gasteiger partial charge in [-0.2, -0.15) is 5.10 Å². The smallest absolute Gasteiger partial charge is 0.273 e. The van der Waals surface area contributed by atoms with Gasteiger partial charge in [0.2, 0.25) is 5.91 Å². The highest BCUT2D eigenvalue weighted by molar-refractivity contribution is 6.37. The van der Waals surface area contributed by atoms with Crippen molar-refractivity contribution in [2.75, 3.05) is 0 Å². The summed E-state index contributed by atoms with van der Waals surface area (Å²) in [5.41, 5.74) is 4.07. The van der Waals surface area contributed by atoms with Crippen LogP contribution in [0, 0.1) is 10.1 Å². The van der Waals surface area contributed by atoms with Crippen molar-refractivity contribution >= 4 is 51.8 Å². The van der Waals surface area contributed by atoms with E-state index in [0.717, 1.165) is 16.3 Å². The molecule has 4 aromatic carbocycles. The third-order valence-electron chi connectivity index (χ3n) is 5.21. The number of carbonyl (C=O) groups is 1. The van der Waals surface area contributed by atoms with Gasteiger partial charge in [-0.3, -0.25) is 14.9 Å². The molecule has 0 heterocycles. The molecule has 176 valence electrons. The largest absolute Gasteiger partial charge is 0.486 e. The molecule has 0 saturated carbocycles. The third kappa shape index (κ3) is 5.95. The first-order valence-corrected chi connectivity index (χ1v) is 11.3. The van der Waals surface area contributed by atoms with E-state index in [2.05, 4.69) is 10.5 Å². The van der Waals surface area contributed by atoms with E-state index in [1.807, 2.05) is 42.5 Å². The molecular weight excluding hydrogens is 489 g/mol. The molecule has 4 rings (SSSR count). The molecule has 0 bridgehead atoms. The van der Waals surface area contributed by atoms with E-state index in [1.54, 1.807) is 24.3 Å². The van der Waals surface area contributed by atoms with Gasteiger partial charge in [-0.25, -0.2) is 5.43 Å². The van der Waals surface area contributed by atoms with Crippen LogP contribution in [-0.2, 0) is 17.8 Å². The van der Waals surface area contributed by atoms with E-state index >= 15 is 0 Å². The molecule has 9 heteroatoms. The molecule has 1 amide bonds. The van der Waals surface area contributed by atoms with Gasteiger partial charge in [-0.05, 0) is 34.0 Å². The van der Waals surface area contributed by atoms with Gasteiger partial charge in [-0.15, -0.1) is 0 Å². The van der Waals surface area contributed by atoms with Gasteiger partial charge in [0.25, 0.3) is 5.69 Å². The predicted octanol–water partition coefficient (Wildman–Crippen LogP) is 6.33. The Bertz CT molecular complexity index is 1410. The third-order valence-corrected chi connectivity index (χ3v) is 5.78. The lowest BCUT2D eigenvalue weighted by Gasteiger charge is -2.12. The number of fused-ring (bicyclic) bond motifs is 1. The number of carbonyl (C=O) groups excluding carboxylic acids is 1. The van der Waals surface area contributed by atoms with Crippen LogP contribution in [0.15, 0.2) is 84.0 Å². The predicted molar refractivity (Wildman–Crippen MR) is 137 cm³/mol. The maximum absolute atomic E-state index is 12.2. The fourth-order valence-electron chi connectivity index (χ4n) is 3.59. The van der Waals surface area contributed by atoms with Crippen LogP contribution >= 0.6 is 23.2 Å². The first-order chi connectivity index (χ1) is 16.9. The van der Waals surface area contributed by atoms with E-state index in [-0.39, 0.29) is 18.7 Å². The van der Waals surface area contributed by atoms with Gasteiger partial charge >= 0.3 is 0 Å². The van der Waals surface area contributed by atoms with Gasteiger partial charge in [-0.1, -0.05) is 83.9 Å². The van der Waals surface area contributed by atoms with Crippen molar-refractivity contribution in [2.24, 2.45) is 5.10 Å². The Hall–Kier alpha value is -3.94. The van der Waals surface area contributed by atoms with Crippen LogP contribution in [0.5, 0.6) is 5.75 Å². The Morgan fingerprint density at radius 2 is 1.63 bits per heavy atom. The highest BCUT2D eigenvalue weighted by Gasteiger charge is 2.15. The van der Waals surface area contributed by atoms with E-state index in [9.17, 15) is 14.9 Å². The van der Waals surface area contributed by atoms with Gasteiger partial charge in [0, 0.05) is 11.6 Å². The minimum Gasteiger partial charge on any atom is -0.486 e. The van der Waals surface area contributed by atoms with E-state index in [1.165, 1.54) is 18.3 Å². The quantitative estimate of drug-likeness (QED) is 0.171. The fourth-order valence-corrected chi connectivity index (χ4v) is 4.20. The molecular formula is C26H19Cl2N3O4. The number of nitrogens with zero attached hydrogens (tertiary/aromatic N) is 2. The average molecular weight is 508 g/mol. The second kappa shape index (κ2) is 11.0. The zero-order valence-corrected chi connectivity index (χ0v) is 19.8. The van der Waals surface area contributed by atoms with Crippen molar-refractivity contribution in [3.05, 3.63) is 116 Å². The molecule has 0 radical (unpaired) electrons. The lowest BCUT2D eigenvalue weighted by atomic mass is 10.1. The molecule has 0 saturated heterocycles. The highest BCUT2D eigenvalue weighted by atomic mass is 35.5. The summed E-state index contributed by atoms with van der Waals surface area (Å²) in [7, 11) is 0. The van der Waals surface area contributed by atoms with Crippen molar-refractivity contribution < 1.29 is 14.5 Å². The normalized spacial score (nSPS) is 11.0. The number of para-hydroxylation sites is 1. The summed E-state index contributed by atoms with van der Waals surface area (Å²) in [5.74, 6) is -0.151. The van der Waals surface area contributed by atoms with Crippen LogP contribution in [0.1, 0.15) is 16.7 Å². The monoisotopic (exact) mass is 507 g/mol.